The van der Waals surface area contributed by atoms with E-state index in [0.29, 0.717) is 24.2 Å². The minimum atomic E-state index is -0.949. The Balaban J connectivity index is 1.80. The number of carbonyl (C=O) groups excluding carboxylic acids is 1. The van der Waals surface area contributed by atoms with E-state index in [9.17, 15) is 19.1 Å². The molecule has 1 aliphatic carbocycles. The molecule has 1 amide bonds. The summed E-state index contributed by atoms with van der Waals surface area (Å²) in [7, 11) is 0. The van der Waals surface area contributed by atoms with Crippen molar-refractivity contribution in [2.45, 2.75) is 33.6 Å². The zero-order valence-electron chi connectivity index (χ0n) is 16.8. The zero-order valence-corrected chi connectivity index (χ0v) is 16.8. The summed E-state index contributed by atoms with van der Waals surface area (Å²) in [6, 6.07) is 13.1. The molecule has 0 aliphatic heterocycles. The summed E-state index contributed by atoms with van der Waals surface area (Å²) >= 11 is 0. The molecule has 0 heterocycles. The van der Waals surface area contributed by atoms with E-state index in [0.717, 1.165) is 5.56 Å². The van der Waals surface area contributed by atoms with Crippen LogP contribution in [0.2, 0.25) is 0 Å². The van der Waals surface area contributed by atoms with Gasteiger partial charge in [0.25, 0.3) is 0 Å². The number of carboxylic acid groups (broad SMARTS) is 1. The first-order valence-corrected chi connectivity index (χ1v) is 9.58. The monoisotopic (exact) mass is 396 g/mol. The zero-order chi connectivity index (χ0) is 21.2. The number of halogens is 1. The van der Waals surface area contributed by atoms with Gasteiger partial charge in [-0.25, -0.2) is 4.39 Å². The second-order valence-corrected chi connectivity index (χ2v) is 8.27. The van der Waals surface area contributed by atoms with Crippen LogP contribution in [0.3, 0.4) is 0 Å². The number of carbonyl (C=O) groups is 2. The van der Waals surface area contributed by atoms with Crippen LogP contribution in [0.5, 0.6) is 0 Å². The van der Waals surface area contributed by atoms with Crippen molar-refractivity contribution >= 4 is 29.5 Å². The first-order valence-electron chi connectivity index (χ1n) is 9.58. The molecule has 0 radical (unpaired) electrons. The van der Waals surface area contributed by atoms with Crippen molar-refractivity contribution in [1.82, 2.24) is 0 Å². The lowest BCUT2D eigenvalue weighted by Gasteiger charge is -2.37. The topological polar surface area (TPSA) is 78.8 Å². The Bertz CT molecular complexity index is 953. The van der Waals surface area contributed by atoms with Gasteiger partial charge in [-0.1, -0.05) is 38.1 Å². The predicted molar refractivity (Wildman–Crippen MR) is 111 cm³/mol. The molecule has 29 heavy (non-hydrogen) atoms. The summed E-state index contributed by atoms with van der Waals surface area (Å²) in [6.07, 6.45) is 2.58. The highest BCUT2D eigenvalue weighted by atomic mass is 19.1. The van der Waals surface area contributed by atoms with Gasteiger partial charge in [-0.3, -0.25) is 14.6 Å². The van der Waals surface area contributed by atoms with Crippen molar-refractivity contribution in [3.63, 3.8) is 0 Å². The van der Waals surface area contributed by atoms with E-state index in [1.54, 1.807) is 43.5 Å². The van der Waals surface area contributed by atoms with Crippen LogP contribution in [-0.2, 0) is 9.59 Å². The average Bonchev–Trinajstić information content (AvgIpc) is 2.93. The molecule has 2 aromatic carbocycles. The molecule has 3 rings (SSSR count). The van der Waals surface area contributed by atoms with Crippen molar-refractivity contribution in [2.75, 3.05) is 5.32 Å². The molecule has 0 bridgehead atoms. The fourth-order valence-electron chi connectivity index (χ4n) is 3.95. The van der Waals surface area contributed by atoms with Crippen LogP contribution in [0.25, 0.3) is 0 Å². The van der Waals surface area contributed by atoms with E-state index < -0.39 is 22.7 Å². The molecule has 1 saturated carbocycles. The molecule has 2 N–H and O–H groups in total. The van der Waals surface area contributed by atoms with Gasteiger partial charge < -0.3 is 10.4 Å². The van der Waals surface area contributed by atoms with Gasteiger partial charge in [-0.15, -0.1) is 0 Å². The molecular weight excluding hydrogens is 371 g/mol. The third kappa shape index (κ3) is 3.92. The summed E-state index contributed by atoms with van der Waals surface area (Å²) < 4.78 is 13.0. The van der Waals surface area contributed by atoms with E-state index in [4.69, 9.17) is 0 Å². The number of rotatable bonds is 5. The van der Waals surface area contributed by atoms with Gasteiger partial charge in [-0.2, -0.15) is 0 Å². The highest BCUT2D eigenvalue weighted by molar-refractivity contribution is 5.97. The second kappa shape index (κ2) is 7.78. The number of amides is 1. The van der Waals surface area contributed by atoms with Crippen LogP contribution >= 0.6 is 0 Å². The maximum atomic E-state index is 13.0. The third-order valence-corrected chi connectivity index (χ3v) is 6.40. The lowest BCUT2D eigenvalue weighted by Crippen LogP contribution is -2.43. The van der Waals surface area contributed by atoms with Gasteiger partial charge in [0, 0.05) is 12.1 Å². The van der Waals surface area contributed by atoms with Crippen LogP contribution in [0.4, 0.5) is 15.8 Å². The number of anilines is 1. The molecule has 0 aromatic heterocycles. The normalized spacial score (nSPS) is 23.2. The van der Waals surface area contributed by atoms with Crippen LogP contribution in [0, 0.1) is 22.6 Å². The molecule has 1 fully saturated rings. The number of nitrogens with one attached hydrogen (secondary N) is 1. The maximum absolute atomic E-state index is 13.0. The molecule has 152 valence electrons. The predicted octanol–water partition coefficient (Wildman–Crippen LogP) is 5.04. The standard InChI is InChI=1S/C23H25FN2O3/c1-22(2)17(12-13-23(22,3)21(28)29)20(27)26-19-7-5-4-6-18(19)25-14-15-8-10-16(24)11-9-15/h4-11,14,17H,12-13H2,1-3H3,(H,26,27)(H,28,29)/t17-,23+/m0/s1. The average molecular weight is 396 g/mol. The molecule has 0 spiro atoms. The SMILES string of the molecule is CC1(C)[C@H](C(=O)Nc2ccccc2N=Cc2ccc(F)cc2)CC[C@]1(C)C(=O)O. The van der Waals surface area contributed by atoms with Gasteiger partial charge in [0.15, 0.2) is 0 Å². The number of hydrogen-bond donors (Lipinski definition) is 2. The Kier molecular flexibility index (Phi) is 5.55. The molecule has 2 atom stereocenters. The van der Waals surface area contributed by atoms with E-state index in [2.05, 4.69) is 10.3 Å². The summed E-state index contributed by atoms with van der Waals surface area (Å²) in [6.45, 7) is 5.40. The van der Waals surface area contributed by atoms with Crippen LogP contribution in [0.15, 0.2) is 53.5 Å². The minimum Gasteiger partial charge on any atom is -0.481 e. The summed E-state index contributed by atoms with van der Waals surface area (Å²) in [4.78, 5) is 29.2. The number of nitrogens with zero attached hydrogens (tertiary/aromatic N) is 1. The molecule has 5 nitrogen and oxygen atoms in total. The fourth-order valence-corrected chi connectivity index (χ4v) is 3.95. The fraction of sp³-hybridized carbons (Fsp3) is 0.348. The number of aliphatic carboxylic acids is 1. The largest absolute Gasteiger partial charge is 0.481 e. The molecular formula is C23H25FN2O3. The van der Waals surface area contributed by atoms with Crippen LogP contribution in [-0.4, -0.2) is 23.2 Å². The Hall–Kier alpha value is -3.02. The highest BCUT2D eigenvalue weighted by Crippen LogP contribution is 2.56. The van der Waals surface area contributed by atoms with E-state index in [1.165, 1.54) is 12.1 Å². The van der Waals surface area contributed by atoms with Gasteiger partial charge in [0.05, 0.1) is 16.8 Å². The Morgan fingerprint density at radius 3 is 2.41 bits per heavy atom. The number of para-hydroxylation sites is 2. The summed E-state index contributed by atoms with van der Waals surface area (Å²) in [5.74, 6) is -1.81. The summed E-state index contributed by atoms with van der Waals surface area (Å²) in [5.41, 5.74) is 0.226. The number of hydrogen-bond acceptors (Lipinski definition) is 3. The lowest BCUT2D eigenvalue weighted by molar-refractivity contribution is -0.154. The molecule has 0 unspecified atom stereocenters. The van der Waals surface area contributed by atoms with Gasteiger partial charge >= 0.3 is 5.97 Å². The summed E-state index contributed by atoms with van der Waals surface area (Å²) in [5, 5.41) is 12.6. The third-order valence-electron chi connectivity index (χ3n) is 6.40. The molecule has 1 aliphatic rings. The van der Waals surface area contributed by atoms with Crippen molar-refractivity contribution in [1.29, 1.82) is 0 Å². The maximum Gasteiger partial charge on any atom is 0.309 e. The smallest absolute Gasteiger partial charge is 0.309 e. The van der Waals surface area contributed by atoms with E-state index in [-0.39, 0.29) is 11.7 Å². The Labute approximate surface area is 169 Å². The second-order valence-electron chi connectivity index (χ2n) is 8.27. The van der Waals surface area contributed by atoms with Gasteiger partial charge in [0.1, 0.15) is 5.82 Å². The molecule has 0 saturated heterocycles. The molecule has 2 aromatic rings. The van der Waals surface area contributed by atoms with Gasteiger partial charge in [0.2, 0.25) is 5.91 Å². The first-order chi connectivity index (χ1) is 13.6. The first kappa shape index (κ1) is 20.7. The van der Waals surface area contributed by atoms with E-state index in [1.807, 2.05) is 19.9 Å². The minimum absolute atomic E-state index is 0.204. The quantitative estimate of drug-likeness (QED) is 0.695. The number of carboxylic acids is 1. The molecule has 6 heteroatoms. The Morgan fingerprint density at radius 1 is 1.14 bits per heavy atom. The number of benzene rings is 2. The van der Waals surface area contributed by atoms with Crippen molar-refractivity contribution in [3.05, 3.63) is 59.9 Å². The highest BCUT2D eigenvalue weighted by Gasteiger charge is 2.58. The number of aliphatic imine (C=N–C) groups is 1. The van der Waals surface area contributed by atoms with Gasteiger partial charge in [-0.05, 0) is 55.0 Å². The van der Waals surface area contributed by atoms with Crippen molar-refractivity contribution < 1.29 is 19.1 Å². The van der Waals surface area contributed by atoms with Crippen molar-refractivity contribution in [3.8, 4) is 0 Å². The Morgan fingerprint density at radius 2 is 1.79 bits per heavy atom. The van der Waals surface area contributed by atoms with Crippen LogP contribution in [0.1, 0.15) is 39.2 Å². The van der Waals surface area contributed by atoms with E-state index >= 15 is 0 Å². The van der Waals surface area contributed by atoms with Crippen molar-refractivity contribution in [2.24, 2.45) is 21.7 Å². The lowest BCUT2D eigenvalue weighted by atomic mass is 9.65. The van der Waals surface area contributed by atoms with Crippen LogP contribution < -0.4 is 5.32 Å².